The molecule has 0 aromatic carbocycles. The van der Waals surface area contributed by atoms with Crippen molar-refractivity contribution in [3.05, 3.63) is 22.9 Å². The van der Waals surface area contributed by atoms with Gasteiger partial charge in [0.25, 0.3) is 5.91 Å². The summed E-state index contributed by atoms with van der Waals surface area (Å²) in [6.45, 7) is 0. The number of nitrogens with zero attached hydrogens (tertiary/aromatic N) is 1. The normalized spacial score (nSPS) is 25.2. The van der Waals surface area contributed by atoms with Crippen molar-refractivity contribution < 1.29 is 9.53 Å². The number of hydrogen-bond acceptors (Lipinski definition) is 4. The molecule has 0 bridgehead atoms. The van der Waals surface area contributed by atoms with E-state index >= 15 is 0 Å². The molecule has 1 saturated carbocycles. The summed E-state index contributed by atoms with van der Waals surface area (Å²) in [5.74, 6) is -0.0699. The third-order valence-electron chi connectivity index (χ3n) is 4.23. The number of amides is 1. The van der Waals surface area contributed by atoms with Crippen LogP contribution in [-0.4, -0.2) is 23.0 Å². The SMILES string of the molecule is NC(=O)c1cc2c(nc1OC1CCCC(N)C1)CCC2. The molecule has 5 heteroatoms. The molecule has 1 heterocycles. The number of aromatic nitrogens is 1. The molecule has 1 fully saturated rings. The fraction of sp³-hybridized carbons (Fsp3) is 0.600. The Bertz CT molecular complexity index is 530. The number of nitrogens with two attached hydrogens (primary N) is 2. The fourth-order valence-electron chi connectivity index (χ4n) is 3.17. The molecule has 1 aromatic heterocycles. The highest BCUT2D eigenvalue weighted by Gasteiger charge is 2.25. The molecular weight excluding hydrogens is 254 g/mol. The number of ether oxygens (including phenoxy) is 1. The number of rotatable bonds is 3. The summed E-state index contributed by atoms with van der Waals surface area (Å²) in [6.07, 6.45) is 6.93. The monoisotopic (exact) mass is 275 g/mol. The lowest BCUT2D eigenvalue weighted by atomic mass is 9.93. The molecule has 20 heavy (non-hydrogen) atoms. The molecule has 2 unspecified atom stereocenters. The van der Waals surface area contributed by atoms with Gasteiger partial charge in [-0.1, -0.05) is 0 Å². The molecule has 1 aromatic rings. The lowest BCUT2D eigenvalue weighted by molar-refractivity contribution is 0.0982. The fourth-order valence-corrected chi connectivity index (χ4v) is 3.17. The van der Waals surface area contributed by atoms with Crippen LogP contribution in [0.15, 0.2) is 6.07 Å². The van der Waals surface area contributed by atoms with Gasteiger partial charge in [-0.15, -0.1) is 0 Å². The zero-order chi connectivity index (χ0) is 14.1. The van der Waals surface area contributed by atoms with Crippen molar-refractivity contribution in [2.45, 2.75) is 57.1 Å². The van der Waals surface area contributed by atoms with Gasteiger partial charge in [0.05, 0.1) is 0 Å². The molecular formula is C15H21N3O2. The predicted octanol–water partition coefficient (Wildman–Crippen LogP) is 1.32. The lowest BCUT2D eigenvalue weighted by Gasteiger charge is -2.27. The Morgan fingerprint density at radius 2 is 2.15 bits per heavy atom. The average Bonchev–Trinajstić information content (AvgIpc) is 2.84. The first-order chi connectivity index (χ1) is 9.63. The molecule has 2 aliphatic rings. The molecule has 0 aliphatic heterocycles. The Balaban J connectivity index is 1.86. The Morgan fingerprint density at radius 3 is 2.90 bits per heavy atom. The maximum Gasteiger partial charge on any atom is 0.254 e. The minimum atomic E-state index is -0.470. The maximum atomic E-state index is 11.6. The number of carbonyl (C=O) groups is 1. The number of pyridine rings is 1. The summed E-state index contributed by atoms with van der Waals surface area (Å²) >= 11 is 0. The van der Waals surface area contributed by atoms with Crippen LogP contribution in [0.2, 0.25) is 0 Å². The maximum absolute atomic E-state index is 11.6. The lowest BCUT2D eigenvalue weighted by Crippen LogP contribution is -2.34. The van der Waals surface area contributed by atoms with Gasteiger partial charge in [0, 0.05) is 11.7 Å². The molecule has 4 N–H and O–H groups in total. The molecule has 2 aliphatic carbocycles. The van der Waals surface area contributed by atoms with E-state index in [0.29, 0.717) is 11.4 Å². The standard InChI is InChI=1S/C15H21N3O2/c16-10-4-2-5-11(8-10)20-15-12(14(17)19)7-9-3-1-6-13(9)18-15/h7,10-11H,1-6,8,16H2,(H2,17,19). The van der Waals surface area contributed by atoms with Gasteiger partial charge in [0.15, 0.2) is 0 Å². The van der Waals surface area contributed by atoms with Crippen LogP contribution in [0.5, 0.6) is 5.88 Å². The number of carbonyl (C=O) groups excluding carboxylic acids is 1. The molecule has 0 spiro atoms. The topological polar surface area (TPSA) is 91.2 Å². The highest BCUT2D eigenvalue weighted by atomic mass is 16.5. The summed E-state index contributed by atoms with van der Waals surface area (Å²) in [7, 11) is 0. The molecule has 0 radical (unpaired) electrons. The van der Waals surface area contributed by atoms with Crippen molar-refractivity contribution in [1.82, 2.24) is 4.98 Å². The first-order valence-electron chi connectivity index (χ1n) is 7.38. The second-order valence-corrected chi connectivity index (χ2v) is 5.83. The van der Waals surface area contributed by atoms with E-state index in [1.54, 1.807) is 0 Å². The van der Waals surface area contributed by atoms with Crippen molar-refractivity contribution in [2.24, 2.45) is 11.5 Å². The van der Waals surface area contributed by atoms with Crippen molar-refractivity contribution in [3.8, 4) is 5.88 Å². The molecule has 2 atom stereocenters. The van der Waals surface area contributed by atoms with E-state index in [1.165, 1.54) is 0 Å². The smallest absolute Gasteiger partial charge is 0.254 e. The van der Waals surface area contributed by atoms with E-state index in [2.05, 4.69) is 4.98 Å². The minimum Gasteiger partial charge on any atom is -0.474 e. The van der Waals surface area contributed by atoms with Crippen LogP contribution in [0.4, 0.5) is 0 Å². The second-order valence-electron chi connectivity index (χ2n) is 5.83. The van der Waals surface area contributed by atoms with E-state index in [1.807, 2.05) is 6.07 Å². The van der Waals surface area contributed by atoms with E-state index < -0.39 is 5.91 Å². The summed E-state index contributed by atoms with van der Waals surface area (Å²) < 4.78 is 5.95. The number of primary amides is 1. The molecule has 1 amide bonds. The Labute approximate surface area is 118 Å². The quantitative estimate of drug-likeness (QED) is 0.870. The molecule has 0 saturated heterocycles. The highest BCUT2D eigenvalue weighted by molar-refractivity contribution is 5.95. The zero-order valence-corrected chi connectivity index (χ0v) is 11.6. The van der Waals surface area contributed by atoms with Crippen LogP contribution in [0, 0.1) is 0 Å². The van der Waals surface area contributed by atoms with Gasteiger partial charge < -0.3 is 16.2 Å². The number of fused-ring (bicyclic) bond motifs is 1. The zero-order valence-electron chi connectivity index (χ0n) is 11.6. The highest BCUT2D eigenvalue weighted by Crippen LogP contribution is 2.29. The largest absolute Gasteiger partial charge is 0.474 e. The van der Waals surface area contributed by atoms with Gasteiger partial charge in [0.2, 0.25) is 5.88 Å². The van der Waals surface area contributed by atoms with Gasteiger partial charge >= 0.3 is 0 Å². The van der Waals surface area contributed by atoms with Crippen molar-refractivity contribution in [3.63, 3.8) is 0 Å². The minimum absolute atomic E-state index is 0.0452. The van der Waals surface area contributed by atoms with Crippen LogP contribution in [-0.2, 0) is 12.8 Å². The first-order valence-corrected chi connectivity index (χ1v) is 7.38. The van der Waals surface area contributed by atoms with Crippen LogP contribution in [0.1, 0.15) is 53.7 Å². The van der Waals surface area contributed by atoms with Gasteiger partial charge in [-0.25, -0.2) is 4.98 Å². The van der Waals surface area contributed by atoms with E-state index in [-0.39, 0.29) is 12.1 Å². The van der Waals surface area contributed by atoms with E-state index in [0.717, 1.165) is 56.2 Å². The number of hydrogen-bond donors (Lipinski definition) is 2. The van der Waals surface area contributed by atoms with Crippen molar-refractivity contribution in [1.29, 1.82) is 0 Å². The molecule has 108 valence electrons. The average molecular weight is 275 g/mol. The third kappa shape index (κ3) is 2.63. The van der Waals surface area contributed by atoms with Gasteiger partial charge in [-0.05, 0) is 56.6 Å². The number of aryl methyl sites for hydroxylation is 2. The van der Waals surface area contributed by atoms with Crippen LogP contribution in [0.3, 0.4) is 0 Å². The van der Waals surface area contributed by atoms with Gasteiger partial charge in [-0.2, -0.15) is 0 Å². The molecule has 3 rings (SSSR count). The predicted molar refractivity (Wildman–Crippen MR) is 75.6 cm³/mol. The van der Waals surface area contributed by atoms with Crippen LogP contribution >= 0.6 is 0 Å². The van der Waals surface area contributed by atoms with Crippen molar-refractivity contribution in [2.75, 3.05) is 0 Å². The second kappa shape index (κ2) is 5.40. The van der Waals surface area contributed by atoms with Gasteiger partial charge in [-0.3, -0.25) is 4.79 Å². The summed E-state index contributed by atoms with van der Waals surface area (Å²) in [4.78, 5) is 16.1. The Morgan fingerprint density at radius 1 is 1.30 bits per heavy atom. The first kappa shape index (κ1) is 13.4. The summed E-state index contributed by atoms with van der Waals surface area (Å²) in [6, 6.07) is 2.04. The Hall–Kier alpha value is -1.62. The van der Waals surface area contributed by atoms with Crippen molar-refractivity contribution >= 4 is 5.91 Å². The van der Waals surface area contributed by atoms with Gasteiger partial charge in [0.1, 0.15) is 11.7 Å². The molecule has 5 nitrogen and oxygen atoms in total. The van der Waals surface area contributed by atoms with E-state index in [9.17, 15) is 4.79 Å². The van der Waals surface area contributed by atoms with E-state index in [4.69, 9.17) is 16.2 Å². The Kier molecular flexibility index (Phi) is 3.61. The summed E-state index contributed by atoms with van der Waals surface area (Å²) in [5, 5.41) is 0. The van der Waals surface area contributed by atoms with Crippen LogP contribution < -0.4 is 16.2 Å². The summed E-state index contributed by atoms with van der Waals surface area (Å²) in [5.41, 5.74) is 14.0. The van der Waals surface area contributed by atoms with Crippen LogP contribution in [0.25, 0.3) is 0 Å². The third-order valence-corrected chi connectivity index (χ3v) is 4.23.